The van der Waals surface area contributed by atoms with Crippen LogP contribution in [-0.2, 0) is 0 Å². The van der Waals surface area contributed by atoms with Gasteiger partial charge >= 0.3 is 7.40 Å². The average molecular weight is 388 g/mol. The second-order valence-electron chi connectivity index (χ2n) is 7.48. The van der Waals surface area contributed by atoms with Gasteiger partial charge in [-0.1, -0.05) is 55.0 Å². The Morgan fingerprint density at radius 3 is 2.34 bits per heavy atom. The highest BCUT2D eigenvalue weighted by atomic mass is 19.2. The Morgan fingerprint density at radius 1 is 1.00 bits per heavy atom. The van der Waals surface area contributed by atoms with Crippen molar-refractivity contribution in [3.63, 3.8) is 0 Å². The highest BCUT2D eigenvalue weighted by molar-refractivity contribution is 6.43. The number of fused-ring (bicyclic) bond motifs is 1. The molecule has 1 aliphatic rings. The summed E-state index contributed by atoms with van der Waals surface area (Å²) in [5.41, 5.74) is 6.85. The normalized spacial score (nSPS) is 15.5. The first-order valence-electron chi connectivity index (χ1n) is 9.88. The molecule has 146 valence electrons. The van der Waals surface area contributed by atoms with Crippen molar-refractivity contribution in [1.29, 1.82) is 0 Å². The number of halogens is 2. The molecule has 5 heteroatoms. The molecule has 0 amide bonds. The monoisotopic (exact) mass is 388 g/mol. The molecular formula is C24H23BF2N2. The highest BCUT2D eigenvalue weighted by Crippen LogP contribution is 2.38. The van der Waals surface area contributed by atoms with Crippen LogP contribution in [-0.4, -0.2) is 17.6 Å². The van der Waals surface area contributed by atoms with E-state index >= 15 is 0 Å². The van der Waals surface area contributed by atoms with Gasteiger partial charge in [0.05, 0.1) is 5.70 Å². The van der Waals surface area contributed by atoms with Gasteiger partial charge < -0.3 is 4.48 Å². The summed E-state index contributed by atoms with van der Waals surface area (Å²) >= 11 is 0. The van der Waals surface area contributed by atoms with Crippen molar-refractivity contribution >= 4 is 30.0 Å². The summed E-state index contributed by atoms with van der Waals surface area (Å²) in [6.07, 6.45) is 2.69. The van der Waals surface area contributed by atoms with Crippen molar-refractivity contribution < 1.29 is 8.63 Å². The molecule has 0 saturated heterocycles. The van der Waals surface area contributed by atoms with E-state index in [-0.39, 0.29) is 0 Å². The molecular weight excluding hydrogens is 365 g/mol. The molecule has 0 aliphatic carbocycles. The highest BCUT2D eigenvalue weighted by Gasteiger charge is 2.28. The van der Waals surface area contributed by atoms with E-state index in [2.05, 4.69) is 11.9 Å². The van der Waals surface area contributed by atoms with Gasteiger partial charge in [-0.05, 0) is 56.0 Å². The maximum atomic E-state index is 14.4. The SMILES string of the molecule is CCC1=C(C)/C(=C/c2c3ccccc3c(-c3cccc(C)c3)n2B(F)F)N=C1C. The molecule has 1 aromatic heterocycles. The topological polar surface area (TPSA) is 17.3 Å². The van der Waals surface area contributed by atoms with E-state index in [4.69, 9.17) is 0 Å². The Hall–Kier alpha value is -2.95. The summed E-state index contributed by atoms with van der Waals surface area (Å²) < 4.78 is 29.9. The molecule has 0 radical (unpaired) electrons. The number of aliphatic imine (C=N–C) groups is 1. The van der Waals surface area contributed by atoms with Gasteiger partial charge in [-0.25, -0.2) is 0 Å². The zero-order valence-electron chi connectivity index (χ0n) is 17.1. The largest absolute Gasteiger partial charge is 0.678 e. The summed E-state index contributed by atoms with van der Waals surface area (Å²) in [5.74, 6) is 0. The van der Waals surface area contributed by atoms with Crippen molar-refractivity contribution in [2.75, 3.05) is 0 Å². The van der Waals surface area contributed by atoms with Crippen molar-refractivity contribution in [2.45, 2.75) is 34.1 Å². The predicted molar refractivity (Wildman–Crippen MR) is 120 cm³/mol. The molecule has 0 atom stereocenters. The first-order valence-corrected chi connectivity index (χ1v) is 9.88. The van der Waals surface area contributed by atoms with Gasteiger partial charge in [0.15, 0.2) is 0 Å². The molecule has 29 heavy (non-hydrogen) atoms. The number of nitrogens with zero attached hydrogens (tertiary/aromatic N) is 2. The summed E-state index contributed by atoms with van der Waals surface area (Å²) in [6.45, 7) is 8.06. The molecule has 3 aromatic rings. The lowest BCUT2D eigenvalue weighted by atomic mass is 10.0. The molecule has 0 N–H and O–H groups in total. The fourth-order valence-corrected chi connectivity index (χ4v) is 4.28. The van der Waals surface area contributed by atoms with Crippen LogP contribution in [0.25, 0.3) is 28.1 Å². The predicted octanol–water partition coefficient (Wildman–Crippen LogP) is 6.93. The summed E-state index contributed by atoms with van der Waals surface area (Å²) in [7, 11) is -2.66. The zero-order valence-corrected chi connectivity index (χ0v) is 17.1. The molecule has 1 aliphatic heterocycles. The molecule has 2 aromatic carbocycles. The maximum Gasteiger partial charge on any atom is 0.678 e. The number of benzene rings is 2. The number of hydrogen-bond acceptors (Lipinski definition) is 1. The van der Waals surface area contributed by atoms with Crippen LogP contribution in [0.1, 0.15) is 38.4 Å². The van der Waals surface area contributed by atoms with Crippen LogP contribution in [0, 0.1) is 6.92 Å². The lowest BCUT2D eigenvalue weighted by Crippen LogP contribution is -2.16. The number of allylic oxidation sites excluding steroid dienone is 2. The Morgan fingerprint density at radius 2 is 1.72 bits per heavy atom. The van der Waals surface area contributed by atoms with Crippen LogP contribution < -0.4 is 0 Å². The third-order valence-electron chi connectivity index (χ3n) is 5.63. The number of hydrogen-bond donors (Lipinski definition) is 0. The Bertz CT molecular complexity index is 1200. The third-order valence-corrected chi connectivity index (χ3v) is 5.63. The minimum atomic E-state index is -2.66. The summed E-state index contributed by atoms with van der Waals surface area (Å²) in [6, 6.07) is 15.3. The molecule has 0 unspecified atom stereocenters. The van der Waals surface area contributed by atoms with E-state index in [1.54, 1.807) is 0 Å². The standard InChI is InChI=1S/C24H23BF2N2/c1-5-19-16(3)22(28-17(19)4)14-23-20-11-6-7-12-21(20)24(29(23)25(26)27)18-10-8-9-15(2)13-18/h6-14H,5H2,1-4H3/b22-14-. The fourth-order valence-electron chi connectivity index (χ4n) is 4.28. The second kappa shape index (κ2) is 7.47. The van der Waals surface area contributed by atoms with E-state index in [1.165, 1.54) is 5.57 Å². The number of aryl methyl sites for hydroxylation is 1. The molecule has 0 bridgehead atoms. The van der Waals surface area contributed by atoms with Crippen LogP contribution in [0.4, 0.5) is 8.63 Å². The number of aromatic nitrogens is 1. The van der Waals surface area contributed by atoms with Crippen molar-refractivity contribution in [3.05, 3.63) is 76.6 Å². The lowest BCUT2D eigenvalue weighted by molar-refractivity contribution is 0.631. The molecule has 0 spiro atoms. The van der Waals surface area contributed by atoms with Crippen molar-refractivity contribution in [1.82, 2.24) is 4.48 Å². The van der Waals surface area contributed by atoms with Crippen LogP contribution in [0.2, 0.25) is 0 Å². The van der Waals surface area contributed by atoms with Gasteiger partial charge in [0, 0.05) is 27.9 Å². The van der Waals surface area contributed by atoms with E-state index in [0.29, 0.717) is 11.4 Å². The van der Waals surface area contributed by atoms with Gasteiger partial charge in [0.1, 0.15) is 0 Å². The molecule has 2 heterocycles. The molecule has 2 nitrogen and oxygen atoms in total. The van der Waals surface area contributed by atoms with Crippen LogP contribution in [0.15, 0.2) is 70.4 Å². The minimum Gasteiger partial charge on any atom is -0.324 e. The van der Waals surface area contributed by atoms with E-state index in [1.807, 2.05) is 75.4 Å². The Labute approximate surface area is 170 Å². The quantitative estimate of drug-likeness (QED) is 0.431. The summed E-state index contributed by atoms with van der Waals surface area (Å²) in [4.78, 5) is 4.67. The lowest BCUT2D eigenvalue weighted by Gasteiger charge is -2.10. The first kappa shape index (κ1) is 19.4. The Balaban J connectivity index is 2.05. The Kier molecular flexibility index (Phi) is 4.99. The van der Waals surface area contributed by atoms with Crippen LogP contribution in [0.5, 0.6) is 0 Å². The van der Waals surface area contributed by atoms with Gasteiger partial charge in [0.2, 0.25) is 0 Å². The first-order chi connectivity index (χ1) is 13.9. The van der Waals surface area contributed by atoms with Crippen LogP contribution in [0.3, 0.4) is 0 Å². The van der Waals surface area contributed by atoms with Gasteiger partial charge in [-0.15, -0.1) is 0 Å². The number of rotatable bonds is 4. The minimum absolute atomic E-state index is 0.496. The van der Waals surface area contributed by atoms with E-state index in [9.17, 15) is 8.63 Å². The van der Waals surface area contributed by atoms with Crippen molar-refractivity contribution in [2.24, 2.45) is 4.99 Å². The third kappa shape index (κ3) is 3.25. The van der Waals surface area contributed by atoms with Crippen molar-refractivity contribution in [3.8, 4) is 11.3 Å². The molecule has 4 rings (SSSR count). The van der Waals surface area contributed by atoms with E-state index < -0.39 is 7.40 Å². The average Bonchev–Trinajstić information content (AvgIpc) is 3.16. The molecule has 0 fully saturated rings. The van der Waals surface area contributed by atoms with Gasteiger partial charge in [0.25, 0.3) is 0 Å². The zero-order chi connectivity index (χ0) is 20.7. The summed E-state index contributed by atoms with van der Waals surface area (Å²) in [5, 5.41) is 1.63. The maximum absolute atomic E-state index is 14.4. The smallest absolute Gasteiger partial charge is 0.324 e. The fraction of sp³-hybridized carbons (Fsp3) is 0.208. The van der Waals surface area contributed by atoms with Gasteiger partial charge in [-0.3, -0.25) is 13.6 Å². The molecule has 0 saturated carbocycles. The van der Waals surface area contributed by atoms with Gasteiger partial charge in [-0.2, -0.15) is 0 Å². The van der Waals surface area contributed by atoms with E-state index in [0.717, 1.165) is 49.8 Å². The second-order valence-corrected chi connectivity index (χ2v) is 7.48. The van der Waals surface area contributed by atoms with Crippen LogP contribution >= 0.6 is 0 Å².